The van der Waals surface area contributed by atoms with Crippen molar-refractivity contribution in [1.29, 1.82) is 0 Å². The molecule has 0 spiro atoms. The fraction of sp³-hybridized carbons (Fsp3) is 0.400. The fourth-order valence-electron chi connectivity index (χ4n) is 1.64. The number of amidine groups is 2. The van der Waals surface area contributed by atoms with Crippen LogP contribution in [-0.2, 0) is 0 Å². The van der Waals surface area contributed by atoms with Crippen LogP contribution < -0.4 is 0 Å². The molecule has 2 fully saturated rings. The van der Waals surface area contributed by atoms with Gasteiger partial charge in [0.2, 0.25) is 11.7 Å². The Bertz CT molecular complexity index is 443. The van der Waals surface area contributed by atoms with Gasteiger partial charge in [0.15, 0.2) is 11.5 Å². The first-order chi connectivity index (χ1) is 8.33. The molecule has 0 radical (unpaired) electrons. The number of oxime groups is 2. The van der Waals surface area contributed by atoms with Gasteiger partial charge in [-0.3, -0.25) is 0 Å². The lowest BCUT2D eigenvalue weighted by Gasteiger charge is -2.03. The normalized spacial score (nSPS) is 19.8. The molecule has 0 aromatic carbocycles. The van der Waals surface area contributed by atoms with E-state index in [4.69, 9.17) is 14.8 Å². The Labute approximate surface area is 97.2 Å². The summed E-state index contributed by atoms with van der Waals surface area (Å²) in [4.78, 5) is 3.74. The minimum Gasteiger partial charge on any atom is -0.449 e. The Balaban J connectivity index is 1.86. The molecule has 0 unspecified atom stereocenters. The van der Waals surface area contributed by atoms with Crippen molar-refractivity contribution < 1.29 is 14.8 Å². The van der Waals surface area contributed by atoms with Crippen molar-refractivity contribution in [2.45, 2.75) is 0 Å². The molecule has 90 valence electrons. The minimum atomic E-state index is 0.416. The van der Waals surface area contributed by atoms with E-state index in [1.807, 2.05) is 9.80 Å². The predicted octanol–water partition coefficient (Wildman–Crippen LogP) is 0.182. The van der Waals surface area contributed by atoms with Gasteiger partial charge in [0.05, 0.1) is 0 Å². The van der Waals surface area contributed by atoms with Gasteiger partial charge in [-0.1, -0.05) is 10.3 Å². The van der Waals surface area contributed by atoms with Crippen LogP contribution >= 0.6 is 0 Å². The topological polar surface area (TPSA) is 84.3 Å². The molecular weight excluding hydrogens is 224 g/mol. The third-order valence-electron chi connectivity index (χ3n) is 2.73. The first-order valence-electron chi connectivity index (χ1n) is 5.38. The zero-order chi connectivity index (χ0) is 11.8. The van der Waals surface area contributed by atoms with Gasteiger partial charge in [-0.2, -0.15) is 0 Å². The minimum absolute atomic E-state index is 0.416. The Morgan fingerprint density at radius 2 is 1.35 bits per heavy atom. The second-order valence-corrected chi connectivity index (χ2v) is 3.99. The summed E-state index contributed by atoms with van der Waals surface area (Å²) in [6.45, 7) is 3.45. The van der Waals surface area contributed by atoms with Crippen LogP contribution in [0.5, 0.6) is 0 Å². The maximum Gasteiger partial charge on any atom is 0.211 e. The average Bonchev–Trinajstić information content (AvgIpc) is 3.22. The van der Waals surface area contributed by atoms with Gasteiger partial charge in [-0.15, -0.1) is 0 Å². The zero-order valence-corrected chi connectivity index (χ0v) is 9.07. The van der Waals surface area contributed by atoms with Crippen LogP contribution in [0.15, 0.2) is 26.9 Å². The zero-order valence-electron chi connectivity index (χ0n) is 9.07. The maximum atomic E-state index is 8.91. The summed E-state index contributed by atoms with van der Waals surface area (Å²) in [6.07, 6.45) is 0. The first-order valence-corrected chi connectivity index (χ1v) is 5.38. The molecule has 3 rings (SSSR count). The highest BCUT2D eigenvalue weighted by atomic mass is 16.4. The molecule has 2 aliphatic rings. The van der Waals surface area contributed by atoms with Crippen molar-refractivity contribution in [2.75, 3.05) is 26.2 Å². The van der Waals surface area contributed by atoms with Gasteiger partial charge >= 0.3 is 0 Å². The summed E-state index contributed by atoms with van der Waals surface area (Å²) < 4.78 is 5.53. The largest absolute Gasteiger partial charge is 0.449 e. The van der Waals surface area contributed by atoms with E-state index >= 15 is 0 Å². The van der Waals surface area contributed by atoms with E-state index in [0.29, 0.717) is 23.2 Å². The van der Waals surface area contributed by atoms with Crippen LogP contribution in [-0.4, -0.2) is 58.1 Å². The molecule has 2 aliphatic heterocycles. The van der Waals surface area contributed by atoms with Crippen molar-refractivity contribution in [3.8, 4) is 0 Å². The number of rotatable bonds is 2. The van der Waals surface area contributed by atoms with Crippen LogP contribution in [0.25, 0.3) is 0 Å². The SMILES string of the molecule is O/N=C(/c1ccc(/C(=N/O)N2CC2)o1)N1CC1. The molecular formula is C10H12N4O3. The summed E-state index contributed by atoms with van der Waals surface area (Å²) in [7, 11) is 0. The molecule has 1 aromatic heterocycles. The van der Waals surface area contributed by atoms with Crippen LogP contribution in [0.3, 0.4) is 0 Å². The predicted molar refractivity (Wildman–Crippen MR) is 58.5 cm³/mol. The van der Waals surface area contributed by atoms with Gasteiger partial charge in [0.1, 0.15) is 0 Å². The molecule has 0 amide bonds. The second-order valence-electron chi connectivity index (χ2n) is 3.99. The van der Waals surface area contributed by atoms with E-state index in [0.717, 1.165) is 26.2 Å². The summed E-state index contributed by atoms with van der Waals surface area (Å²) in [5, 5.41) is 24.2. The van der Waals surface area contributed by atoms with E-state index < -0.39 is 0 Å². The van der Waals surface area contributed by atoms with E-state index in [1.165, 1.54) is 0 Å². The maximum absolute atomic E-state index is 8.91. The smallest absolute Gasteiger partial charge is 0.211 e. The second kappa shape index (κ2) is 3.69. The first kappa shape index (κ1) is 10.0. The number of hydrogen-bond donors (Lipinski definition) is 2. The highest BCUT2D eigenvalue weighted by molar-refractivity contribution is 6.01. The van der Waals surface area contributed by atoms with Crippen LogP contribution in [0, 0.1) is 0 Å². The van der Waals surface area contributed by atoms with E-state index in [1.54, 1.807) is 12.1 Å². The van der Waals surface area contributed by atoms with Crippen molar-refractivity contribution in [1.82, 2.24) is 9.80 Å². The third kappa shape index (κ3) is 1.79. The molecule has 3 heterocycles. The molecule has 2 saturated heterocycles. The molecule has 7 heteroatoms. The van der Waals surface area contributed by atoms with Crippen molar-refractivity contribution in [3.63, 3.8) is 0 Å². The van der Waals surface area contributed by atoms with Crippen LogP contribution in [0.4, 0.5) is 0 Å². The standard InChI is InChI=1S/C10H12N4O3/c15-11-9(13-3-4-13)7-1-2-8(17-7)10(12-16)14-5-6-14/h1-2,15-16H,3-6H2/b11-9-,12-10-. The summed E-state index contributed by atoms with van der Waals surface area (Å²) in [5.74, 6) is 1.78. The van der Waals surface area contributed by atoms with Crippen LogP contribution in [0.2, 0.25) is 0 Å². The van der Waals surface area contributed by atoms with Gasteiger partial charge in [0, 0.05) is 26.2 Å². The summed E-state index contributed by atoms with van der Waals surface area (Å²) in [6, 6.07) is 3.41. The van der Waals surface area contributed by atoms with E-state index in [-0.39, 0.29) is 0 Å². The molecule has 0 saturated carbocycles. The molecule has 0 bridgehead atoms. The van der Waals surface area contributed by atoms with Gasteiger partial charge in [-0.05, 0) is 12.1 Å². The lowest BCUT2D eigenvalue weighted by atomic mass is 10.4. The van der Waals surface area contributed by atoms with Gasteiger partial charge in [-0.25, -0.2) is 0 Å². The van der Waals surface area contributed by atoms with E-state index in [2.05, 4.69) is 10.3 Å². The Morgan fingerprint density at radius 3 is 1.65 bits per heavy atom. The molecule has 2 N–H and O–H groups in total. The van der Waals surface area contributed by atoms with Crippen LogP contribution in [0.1, 0.15) is 11.5 Å². The highest BCUT2D eigenvalue weighted by Gasteiger charge is 2.30. The van der Waals surface area contributed by atoms with Gasteiger partial charge < -0.3 is 24.6 Å². The fourth-order valence-corrected chi connectivity index (χ4v) is 1.64. The van der Waals surface area contributed by atoms with E-state index in [9.17, 15) is 0 Å². The van der Waals surface area contributed by atoms with Crippen molar-refractivity contribution in [2.24, 2.45) is 10.3 Å². The lowest BCUT2D eigenvalue weighted by molar-refractivity contribution is 0.310. The molecule has 1 aromatic rings. The van der Waals surface area contributed by atoms with Gasteiger partial charge in [0.25, 0.3) is 0 Å². The number of furan rings is 1. The Kier molecular flexibility index (Phi) is 2.17. The monoisotopic (exact) mass is 236 g/mol. The highest BCUT2D eigenvalue weighted by Crippen LogP contribution is 2.19. The lowest BCUT2D eigenvalue weighted by Crippen LogP contribution is -2.13. The third-order valence-corrected chi connectivity index (χ3v) is 2.73. The average molecular weight is 236 g/mol. The van der Waals surface area contributed by atoms with Crippen molar-refractivity contribution in [3.05, 3.63) is 23.7 Å². The molecule has 17 heavy (non-hydrogen) atoms. The summed E-state index contributed by atoms with van der Waals surface area (Å²) >= 11 is 0. The Hall–Kier alpha value is -2.18. The Morgan fingerprint density at radius 1 is 0.941 bits per heavy atom. The quantitative estimate of drug-likeness (QED) is 0.251. The molecule has 0 aliphatic carbocycles. The molecule has 0 atom stereocenters. The summed E-state index contributed by atoms with van der Waals surface area (Å²) in [5.41, 5.74) is 0. The number of hydrogen-bond acceptors (Lipinski definition) is 5. The number of nitrogens with zero attached hydrogens (tertiary/aromatic N) is 4. The van der Waals surface area contributed by atoms with Crippen molar-refractivity contribution >= 4 is 11.7 Å². The molecule has 7 nitrogen and oxygen atoms in total.